The van der Waals surface area contributed by atoms with Gasteiger partial charge in [0.25, 0.3) is 0 Å². The minimum atomic E-state index is 0.691. The van der Waals surface area contributed by atoms with Gasteiger partial charge < -0.3 is 10.7 Å². The van der Waals surface area contributed by atoms with E-state index in [1.54, 1.807) is 6.20 Å². The Bertz CT molecular complexity index is 1260. The Labute approximate surface area is 155 Å². The van der Waals surface area contributed by atoms with Gasteiger partial charge in [-0.2, -0.15) is 0 Å². The monoisotopic (exact) mass is 351 g/mol. The molecule has 0 saturated heterocycles. The topological polar surface area (TPSA) is 80.5 Å². The van der Waals surface area contributed by atoms with E-state index in [1.807, 2.05) is 54.9 Å². The first kappa shape index (κ1) is 15.5. The van der Waals surface area contributed by atoms with Crippen LogP contribution in [0, 0.1) is 0 Å². The van der Waals surface area contributed by atoms with Crippen molar-refractivity contribution in [3.05, 3.63) is 84.3 Å². The van der Waals surface area contributed by atoms with Crippen LogP contribution in [0.4, 0.5) is 5.69 Å². The van der Waals surface area contributed by atoms with Crippen LogP contribution in [0.5, 0.6) is 0 Å². The van der Waals surface area contributed by atoms with Crippen LogP contribution in [0.2, 0.25) is 0 Å². The standard InChI is InChI=1S/C22H17N5/c23-21-16-3-1-2-4-18(16)25-13-17(21)22-26-19-6-5-15(12-20(19)27-22)11-14-7-9-24-10-8-14/h1-10,12-13H,11H2,(H2,23,25)(H,26,27). The number of benzene rings is 2. The van der Waals surface area contributed by atoms with E-state index in [-0.39, 0.29) is 0 Å². The van der Waals surface area contributed by atoms with E-state index in [0.717, 1.165) is 39.7 Å². The molecule has 0 radical (unpaired) electrons. The molecule has 2 aromatic carbocycles. The zero-order chi connectivity index (χ0) is 18.2. The fourth-order valence-electron chi connectivity index (χ4n) is 3.38. The third-order valence-electron chi connectivity index (χ3n) is 4.78. The van der Waals surface area contributed by atoms with E-state index in [0.29, 0.717) is 5.69 Å². The molecule has 5 rings (SSSR count). The predicted octanol–water partition coefficient (Wildman–Crippen LogP) is 4.35. The number of hydrogen-bond acceptors (Lipinski definition) is 4. The summed E-state index contributed by atoms with van der Waals surface area (Å²) in [5.74, 6) is 0.738. The van der Waals surface area contributed by atoms with E-state index < -0.39 is 0 Å². The van der Waals surface area contributed by atoms with E-state index in [4.69, 9.17) is 10.7 Å². The molecule has 0 spiro atoms. The molecule has 0 aliphatic rings. The molecule has 5 heteroatoms. The molecule has 130 valence electrons. The van der Waals surface area contributed by atoms with Crippen LogP contribution in [0.15, 0.2) is 73.2 Å². The van der Waals surface area contributed by atoms with Crippen LogP contribution in [0.1, 0.15) is 11.1 Å². The molecule has 0 fully saturated rings. The molecule has 27 heavy (non-hydrogen) atoms. The smallest absolute Gasteiger partial charge is 0.142 e. The molecule has 0 amide bonds. The van der Waals surface area contributed by atoms with Gasteiger partial charge in [-0.15, -0.1) is 0 Å². The number of H-pyrrole nitrogens is 1. The molecule has 0 bridgehead atoms. The van der Waals surface area contributed by atoms with Gasteiger partial charge in [-0.1, -0.05) is 24.3 Å². The number of para-hydroxylation sites is 1. The average Bonchev–Trinajstić information content (AvgIpc) is 3.12. The number of imidazole rings is 1. The van der Waals surface area contributed by atoms with Crippen LogP contribution in [0.3, 0.4) is 0 Å². The summed E-state index contributed by atoms with van der Waals surface area (Å²) in [4.78, 5) is 16.7. The number of aromatic amines is 1. The summed E-state index contributed by atoms with van der Waals surface area (Å²) in [6, 6.07) is 18.2. The van der Waals surface area contributed by atoms with Crippen molar-refractivity contribution < 1.29 is 0 Å². The molecule has 0 aliphatic carbocycles. The van der Waals surface area contributed by atoms with Crippen molar-refractivity contribution in [2.24, 2.45) is 0 Å². The Morgan fingerprint density at radius 3 is 2.63 bits per heavy atom. The van der Waals surface area contributed by atoms with Crippen LogP contribution in [0.25, 0.3) is 33.3 Å². The maximum absolute atomic E-state index is 6.40. The summed E-state index contributed by atoms with van der Waals surface area (Å²) in [7, 11) is 0. The lowest BCUT2D eigenvalue weighted by atomic mass is 10.1. The summed E-state index contributed by atoms with van der Waals surface area (Å²) < 4.78 is 0. The first-order valence-electron chi connectivity index (χ1n) is 8.79. The lowest BCUT2D eigenvalue weighted by Gasteiger charge is -2.05. The first-order chi connectivity index (χ1) is 13.3. The Kier molecular flexibility index (Phi) is 3.57. The maximum Gasteiger partial charge on any atom is 0.142 e. The molecule has 0 atom stereocenters. The normalized spacial score (nSPS) is 11.3. The molecule has 5 aromatic rings. The summed E-state index contributed by atoms with van der Waals surface area (Å²) in [5.41, 5.74) is 13.1. The average molecular weight is 351 g/mol. The second-order valence-corrected chi connectivity index (χ2v) is 6.57. The minimum Gasteiger partial charge on any atom is -0.398 e. The van der Waals surface area contributed by atoms with Gasteiger partial charge in [0.1, 0.15) is 5.82 Å². The lowest BCUT2D eigenvalue weighted by molar-refractivity contribution is 1.17. The largest absolute Gasteiger partial charge is 0.398 e. The molecular weight excluding hydrogens is 334 g/mol. The highest BCUT2D eigenvalue weighted by atomic mass is 14.9. The van der Waals surface area contributed by atoms with Crippen molar-refractivity contribution >= 4 is 27.6 Å². The molecule has 0 saturated carbocycles. The van der Waals surface area contributed by atoms with Gasteiger partial charge in [0, 0.05) is 24.0 Å². The third kappa shape index (κ3) is 2.79. The predicted molar refractivity (Wildman–Crippen MR) is 108 cm³/mol. The van der Waals surface area contributed by atoms with Gasteiger partial charge in [0.05, 0.1) is 27.8 Å². The minimum absolute atomic E-state index is 0.691. The fourth-order valence-corrected chi connectivity index (χ4v) is 3.38. The fraction of sp³-hybridized carbons (Fsp3) is 0.0455. The van der Waals surface area contributed by atoms with E-state index in [1.165, 1.54) is 11.1 Å². The lowest BCUT2D eigenvalue weighted by Crippen LogP contribution is -1.95. The summed E-state index contributed by atoms with van der Waals surface area (Å²) in [5, 5.41) is 0.939. The van der Waals surface area contributed by atoms with Gasteiger partial charge in [-0.3, -0.25) is 9.97 Å². The number of anilines is 1. The number of nitrogens with one attached hydrogen (secondary N) is 1. The SMILES string of the molecule is Nc1c(-c2nc3ccc(Cc4ccncc4)cc3[nH]2)cnc2ccccc12. The molecular formula is C22H17N5. The van der Waals surface area contributed by atoms with Crippen molar-refractivity contribution in [2.45, 2.75) is 6.42 Å². The molecule has 3 heterocycles. The first-order valence-corrected chi connectivity index (χ1v) is 8.79. The number of fused-ring (bicyclic) bond motifs is 2. The summed E-state index contributed by atoms with van der Waals surface area (Å²) in [6.07, 6.45) is 6.27. The van der Waals surface area contributed by atoms with Gasteiger partial charge in [0.15, 0.2) is 0 Å². The quantitative estimate of drug-likeness (QED) is 0.506. The maximum atomic E-state index is 6.40. The van der Waals surface area contributed by atoms with Gasteiger partial charge in [-0.05, 0) is 47.9 Å². The molecule has 0 aliphatic heterocycles. The molecule has 3 aromatic heterocycles. The van der Waals surface area contributed by atoms with E-state index in [2.05, 4.69) is 27.1 Å². The van der Waals surface area contributed by atoms with Crippen molar-refractivity contribution in [1.29, 1.82) is 0 Å². The van der Waals surface area contributed by atoms with Crippen LogP contribution >= 0.6 is 0 Å². The highest BCUT2D eigenvalue weighted by Gasteiger charge is 2.12. The van der Waals surface area contributed by atoms with Crippen LogP contribution in [-0.4, -0.2) is 19.9 Å². The Morgan fingerprint density at radius 1 is 0.889 bits per heavy atom. The second kappa shape index (κ2) is 6.21. The number of pyridine rings is 2. The zero-order valence-electron chi connectivity index (χ0n) is 14.6. The van der Waals surface area contributed by atoms with Crippen molar-refractivity contribution in [3.8, 4) is 11.4 Å². The summed E-state index contributed by atoms with van der Waals surface area (Å²) in [6.45, 7) is 0. The second-order valence-electron chi connectivity index (χ2n) is 6.57. The number of rotatable bonds is 3. The number of nitrogen functional groups attached to an aromatic ring is 1. The highest BCUT2D eigenvalue weighted by molar-refractivity contribution is 5.97. The van der Waals surface area contributed by atoms with Crippen molar-refractivity contribution in [3.63, 3.8) is 0 Å². The van der Waals surface area contributed by atoms with Crippen molar-refractivity contribution in [2.75, 3.05) is 5.73 Å². The third-order valence-corrected chi connectivity index (χ3v) is 4.78. The number of aromatic nitrogens is 4. The Hall–Kier alpha value is -3.73. The Balaban J connectivity index is 1.56. The molecule has 3 N–H and O–H groups in total. The molecule has 0 unspecified atom stereocenters. The van der Waals surface area contributed by atoms with E-state index in [9.17, 15) is 0 Å². The highest BCUT2D eigenvalue weighted by Crippen LogP contribution is 2.30. The van der Waals surface area contributed by atoms with Gasteiger partial charge in [-0.25, -0.2) is 4.98 Å². The number of nitrogens with zero attached hydrogens (tertiary/aromatic N) is 3. The number of hydrogen-bond donors (Lipinski definition) is 2. The number of nitrogens with two attached hydrogens (primary N) is 1. The zero-order valence-corrected chi connectivity index (χ0v) is 14.6. The van der Waals surface area contributed by atoms with Crippen LogP contribution < -0.4 is 5.73 Å². The van der Waals surface area contributed by atoms with Gasteiger partial charge in [0.2, 0.25) is 0 Å². The van der Waals surface area contributed by atoms with Gasteiger partial charge >= 0.3 is 0 Å². The van der Waals surface area contributed by atoms with Crippen LogP contribution in [-0.2, 0) is 6.42 Å². The van der Waals surface area contributed by atoms with Crippen molar-refractivity contribution in [1.82, 2.24) is 19.9 Å². The Morgan fingerprint density at radius 2 is 1.74 bits per heavy atom. The summed E-state index contributed by atoms with van der Waals surface area (Å²) >= 11 is 0. The molecule has 5 nitrogen and oxygen atoms in total. The van der Waals surface area contributed by atoms with E-state index >= 15 is 0 Å².